The number of benzene rings is 2. The first-order valence-electron chi connectivity index (χ1n) is 9.55. The average Bonchev–Trinajstić information content (AvgIpc) is 3.20. The zero-order chi connectivity index (χ0) is 19.9. The van der Waals surface area contributed by atoms with Gasteiger partial charge in [-0.25, -0.2) is 0 Å². The number of nitrogens with one attached hydrogen (secondary N) is 2. The van der Waals surface area contributed by atoms with E-state index in [-0.39, 0.29) is 17.9 Å². The minimum Gasteiger partial charge on any atom is -0.481 e. The van der Waals surface area contributed by atoms with Crippen LogP contribution in [0.25, 0.3) is 0 Å². The average molecular weight is 382 g/mol. The molecule has 2 unspecified atom stereocenters. The molecule has 0 aliphatic carbocycles. The Hall–Kier alpha value is -2.86. The summed E-state index contributed by atoms with van der Waals surface area (Å²) in [6.45, 7) is 4.95. The standard InChI is InChI=1S/C22H26N2O4/c1-15-5-3-6-19(13-15)28-16(2)21(25)24-18-10-8-17(9-11-18)22(26)23-14-20-7-4-12-27-20/h3,5-6,8-11,13,16,20H,4,7,12,14H2,1-2H3,(H,23,26)(H,24,25). The molecule has 2 atom stereocenters. The molecule has 6 heteroatoms. The van der Waals surface area contributed by atoms with Crippen LogP contribution in [0, 0.1) is 6.92 Å². The Morgan fingerprint density at radius 1 is 1.21 bits per heavy atom. The van der Waals surface area contributed by atoms with E-state index >= 15 is 0 Å². The van der Waals surface area contributed by atoms with Crippen LogP contribution in [0.5, 0.6) is 5.75 Å². The van der Waals surface area contributed by atoms with Crippen molar-refractivity contribution in [3.05, 3.63) is 59.7 Å². The fourth-order valence-corrected chi connectivity index (χ4v) is 3.01. The van der Waals surface area contributed by atoms with Crippen LogP contribution in [-0.4, -0.2) is 37.2 Å². The maximum atomic E-state index is 12.3. The van der Waals surface area contributed by atoms with Gasteiger partial charge in [-0.2, -0.15) is 0 Å². The van der Waals surface area contributed by atoms with E-state index in [2.05, 4.69) is 10.6 Å². The summed E-state index contributed by atoms with van der Waals surface area (Å²) in [6, 6.07) is 14.3. The van der Waals surface area contributed by atoms with E-state index in [1.54, 1.807) is 31.2 Å². The Kier molecular flexibility index (Phi) is 6.66. The van der Waals surface area contributed by atoms with Crippen LogP contribution >= 0.6 is 0 Å². The summed E-state index contributed by atoms with van der Waals surface area (Å²) in [7, 11) is 0. The maximum absolute atomic E-state index is 12.3. The van der Waals surface area contributed by atoms with Gasteiger partial charge in [0.1, 0.15) is 5.75 Å². The van der Waals surface area contributed by atoms with Gasteiger partial charge in [-0.15, -0.1) is 0 Å². The Balaban J connectivity index is 1.49. The molecule has 0 radical (unpaired) electrons. The zero-order valence-corrected chi connectivity index (χ0v) is 16.2. The smallest absolute Gasteiger partial charge is 0.265 e. The number of carbonyl (C=O) groups excluding carboxylic acids is 2. The Morgan fingerprint density at radius 2 is 2.00 bits per heavy atom. The molecular formula is C22H26N2O4. The van der Waals surface area contributed by atoms with Gasteiger partial charge in [0.2, 0.25) is 0 Å². The third-order valence-corrected chi connectivity index (χ3v) is 4.60. The van der Waals surface area contributed by atoms with Crippen LogP contribution in [0.3, 0.4) is 0 Å². The Bertz CT molecular complexity index is 814. The number of amides is 2. The van der Waals surface area contributed by atoms with Crippen molar-refractivity contribution in [2.24, 2.45) is 0 Å². The number of hydrogen-bond acceptors (Lipinski definition) is 4. The number of carbonyl (C=O) groups is 2. The molecule has 1 heterocycles. The van der Waals surface area contributed by atoms with Gasteiger partial charge in [-0.05, 0) is 68.7 Å². The molecule has 2 aromatic carbocycles. The molecule has 1 aliphatic heterocycles. The van der Waals surface area contributed by atoms with Crippen LogP contribution in [0.4, 0.5) is 5.69 Å². The number of hydrogen-bond donors (Lipinski definition) is 2. The van der Waals surface area contributed by atoms with Gasteiger partial charge in [0.05, 0.1) is 6.10 Å². The van der Waals surface area contributed by atoms with E-state index in [1.165, 1.54) is 0 Å². The predicted octanol–water partition coefficient (Wildman–Crippen LogP) is 3.31. The lowest BCUT2D eigenvalue weighted by Gasteiger charge is -2.15. The molecule has 1 aliphatic rings. The van der Waals surface area contributed by atoms with Crippen LogP contribution in [0.1, 0.15) is 35.7 Å². The van der Waals surface area contributed by atoms with Crippen molar-refractivity contribution < 1.29 is 19.1 Å². The van der Waals surface area contributed by atoms with Crippen molar-refractivity contribution in [2.45, 2.75) is 38.9 Å². The number of anilines is 1. The van der Waals surface area contributed by atoms with Crippen LogP contribution in [-0.2, 0) is 9.53 Å². The van der Waals surface area contributed by atoms with Crippen molar-refractivity contribution in [1.82, 2.24) is 5.32 Å². The van der Waals surface area contributed by atoms with E-state index in [0.717, 1.165) is 25.0 Å². The third kappa shape index (κ3) is 5.57. The number of rotatable bonds is 7. The molecule has 0 spiro atoms. The molecule has 0 saturated carbocycles. The van der Waals surface area contributed by atoms with E-state index < -0.39 is 6.10 Å². The first-order valence-corrected chi connectivity index (χ1v) is 9.55. The molecular weight excluding hydrogens is 356 g/mol. The summed E-state index contributed by atoms with van der Waals surface area (Å²) in [5.41, 5.74) is 2.22. The highest BCUT2D eigenvalue weighted by molar-refractivity contribution is 5.96. The van der Waals surface area contributed by atoms with Crippen LogP contribution in [0.2, 0.25) is 0 Å². The maximum Gasteiger partial charge on any atom is 0.265 e. The van der Waals surface area contributed by atoms with Crippen molar-refractivity contribution in [3.8, 4) is 5.75 Å². The molecule has 1 saturated heterocycles. The van der Waals surface area contributed by atoms with E-state index in [9.17, 15) is 9.59 Å². The molecule has 2 amide bonds. The van der Waals surface area contributed by atoms with E-state index in [4.69, 9.17) is 9.47 Å². The van der Waals surface area contributed by atoms with Gasteiger partial charge in [0.25, 0.3) is 11.8 Å². The highest BCUT2D eigenvalue weighted by atomic mass is 16.5. The number of ether oxygens (including phenoxy) is 2. The Labute approximate surface area is 165 Å². The second-order valence-electron chi connectivity index (χ2n) is 6.99. The van der Waals surface area contributed by atoms with Crippen molar-refractivity contribution in [3.63, 3.8) is 0 Å². The van der Waals surface area contributed by atoms with Crippen LogP contribution in [0.15, 0.2) is 48.5 Å². The highest BCUT2D eigenvalue weighted by Gasteiger charge is 2.17. The molecule has 148 valence electrons. The van der Waals surface area contributed by atoms with E-state index in [1.807, 2.05) is 31.2 Å². The van der Waals surface area contributed by atoms with Gasteiger partial charge in [-0.1, -0.05) is 12.1 Å². The molecule has 6 nitrogen and oxygen atoms in total. The lowest BCUT2D eigenvalue weighted by molar-refractivity contribution is -0.122. The lowest BCUT2D eigenvalue weighted by atomic mass is 10.1. The van der Waals surface area contributed by atoms with Crippen LogP contribution < -0.4 is 15.4 Å². The van der Waals surface area contributed by atoms with Gasteiger partial charge < -0.3 is 20.1 Å². The first-order chi connectivity index (χ1) is 13.5. The summed E-state index contributed by atoms with van der Waals surface area (Å²) in [5, 5.41) is 5.68. The SMILES string of the molecule is Cc1cccc(OC(C)C(=O)Nc2ccc(C(=O)NCC3CCCO3)cc2)c1. The topological polar surface area (TPSA) is 76.7 Å². The predicted molar refractivity (Wildman–Crippen MR) is 108 cm³/mol. The summed E-state index contributed by atoms with van der Waals surface area (Å²) < 4.78 is 11.2. The van der Waals surface area contributed by atoms with E-state index in [0.29, 0.717) is 23.5 Å². The normalized spacial score (nSPS) is 17.0. The lowest BCUT2D eigenvalue weighted by Crippen LogP contribution is -2.32. The largest absolute Gasteiger partial charge is 0.481 e. The summed E-state index contributed by atoms with van der Waals surface area (Å²) in [5.74, 6) is 0.252. The van der Waals surface area contributed by atoms with Crippen molar-refractivity contribution >= 4 is 17.5 Å². The molecule has 28 heavy (non-hydrogen) atoms. The molecule has 2 aromatic rings. The molecule has 0 bridgehead atoms. The zero-order valence-electron chi connectivity index (χ0n) is 16.2. The number of aryl methyl sites for hydroxylation is 1. The highest BCUT2D eigenvalue weighted by Crippen LogP contribution is 2.16. The monoisotopic (exact) mass is 382 g/mol. The van der Waals surface area contributed by atoms with Gasteiger partial charge in [-0.3, -0.25) is 9.59 Å². The minimum absolute atomic E-state index is 0.109. The molecule has 1 fully saturated rings. The summed E-state index contributed by atoms with van der Waals surface area (Å²) in [4.78, 5) is 24.5. The van der Waals surface area contributed by atoms with Gasteiger partial charge in [0.15, 0.2) is 6.10 Å². The summed E-state index contributed by atoms with van der Waals surface area (Å²) in [6.07, 6.45) is 1.49. The van der Waals surface area contributed by atoms with Crippen molar-refractivity contribution in [1.29, 1.82) is 0 Å². The minimum atomic E-state index is -0.642. The second-order valence-corrected chi connectivity index (χ2v) is 6.99. The second kappa shape index (κ2) is 9.37. The fraction of sp³-hybridized carbons (Fsp3) is 0.364. The quantitative estimate of drug-likeness (QED) is 0.770. The van der Waals surface area contributed by atoms with Gasteiger partial charge >= 0.3 is 0 Å². The molecule has 0 aromatic heterocycles. The summed E-state index contributed by atoms with van der Waals surface area (Å²) >= 11 is 0. The first kappa shape index (κ1) is 19.9. The van der Waals surface area contributed by atoms with Gasteiger partial charge in [0, 0.05) is 24.4 Å². The molecule has 3 rings (SSSR count). The molecule has 2 N–H and O–H groups in total. The Morgan fingerprint density at radius 3 is 2.68 bits per heavy atom. The fourth-order valence-electron chi connectivity index (χ4n) is 3.01. The van der Waals surface area contributed by atoms with Crippen molar-refractivity contribution in [2.75, 3.05) is 18.5 Å². The third-order valence-electron chi connectivity index (χ3n) is 4.60.